The Balaban J connectivity index is 2.16. The lowest BCUT2D eigenvalue weighted by Gasteiger charge is -2.23. The number of hydrogen-bond acceptors (Lipinski definition) is 1. The molecule has 76 valence electrons. The minimum Gasteiger partial charge on any atom is -0.469 e. The van der Waals surface area contributed by atoms with E-state index in [1.807, 2.05) is 6.07 Å². The van der Waals surface area contributed by atoms with E-state index in [0.29, 0.717) is 5.41 Å². The Morgan fingerprint density at radius 1 is 1.50 bits per heavy atom. The van der Waals surface area contributed by atoms with E-state index in [4.69, 9.17) is 4.42 Å². The van der Waals surface area contributed by atoms with Crippen molar-refractivity contribution in [3.05, 3.63) is 36.3 Å². The molecule has 1 aliphatic carbocycles. The smallest absolute Gasteiger partial charge is 0.107 e. The highest BCUT2D eigenvalue weighted by atomic mass is 16.3. The Morgan fingerprint density at radius 2 is 2.21 bits per heavy atom. The molecule has 0 radical (unpaired) electrons. The predicted molar refractivity (Wildman–Crippen MR) is 58.2 cm³/mol. The zero-order valence-electron chi connectivity index (χ0n) is 8.88. The van der Waals surface area contributed by atoms with Gasteiger partial charge in [-0.2, -0.15) is 0 Å². The first-order valence-corrected chi connectivity index (χ1v) is 5.42. The van der Waals surface area contributed by atoms with Crippen molar-refractivity contribution < 1.29 is 4.42 Å². The second kappa shape index (κ2) is 3.64. The van der Waals surface area contributed by atoms with Crippen molar-refractivity contribution in [2.75, 3.05) is 0 Å². The van der Waals surface area contributed by atoms with E-state index >= 15 is 0 Å². The summed E-state index contributed by atoms with van der Waals surface area (Å²) in [6, 6.07) is 2.04. The lowest BCUT2D eigenvalue weighted by molar-refractivity contribution is 0.351. The van der Waals surface area contributed by atoms with Gasteiger partial charge in [-0.15, -0.1) is 6.58 Å². The maximum Gasteiger partial charge on any atom is 0.107 e. The molecule has 2 rings (SSSR count). The summed E-state index contributed by atoms with van der Waals surface area (Å²) in [6.07, 6.45) is 10.2. The molecular weight excluding hydrogens is 172 g/mol. The van der Waals surface area contributed by atoms with Gasteiger partial charge >= 0.3 is 0 Å². The van der Waals surface area contributed by atoms with E-state index < -0.39 is 0 Å². The zero-order chi connectivity index (χ0) is 10.0. The average Bonchev–Trinajstić information content (AvgIpc) is 2.79. The van der Waals surface area contributed by atoms with Gasteiger partial charge in [0.15, 0.2) is 0 Å². The Hall–Kier alpha value is -0.980. The summed E-state index contributed by atoms with van der Waals surface area (Å²) < 4.78 is 5.51. The standard InChI is InChI=1S/C13H18O/c1-3-13(7-4-5-8-13)10-12-11(2)6-9-14-12/h3,6,9H,1,4-5,7-8,10H2,2H3. The van der Waals surface area contributed by atoms with Crippen molar-refractivity contribution in [2.24, 2.45) is 5.41 Å². The molecule has 1 aromatic heterocycles. The third kappa shape index (κ3) is 1.63. The Morgan fingerprint density at radius 3 is 2.71 bits per heavy atom. The van der Waals surface area contributed by atoms with Crippen LogP contribution in [0.2, 0.25) is 0 Å². The van der Waals surface area contributed by atoms with Crippen LogP contribution < -0.4 is 0 Å². The van der Waals surface area contributed by atoms with Crippen molar-refractivity contribution in [1.82, 2.24) is 0 Å². The monoisotopic (exact) mass is 190 g/mol. The van der Waals surface area contributed by atoms with Gasteiger partial charge in [-0.1, -0.05) is 18.9 Å². The zero-order valence-corrected chi connectivity index (χ0v) is 8.88. The summed E-state index contributed by atoms with van der Waals surface area (Å²) in [7, 11) is 0. The molecule has 0 bridgehead atoms. The fraction of sp³-hybridized carbons (Fsp3) is 0.538. The van der Waals surface area contributed by atoms with Crippen LogP contribution in [-0.4, -0.2) is 0 Å². The Kier molecular flexibility index (Phi) is 2.49. The maximum absolute atomic E-state index is 5.51. The number of furan rings is 1. The molecule has 1 aliphatic rings. The quantitative estimate of drug-likeness (QED) is 0.659. The molecule has 0 unspecified atom stereocenters. The third-order valence-corrected chi connectivity index (χ3v) is 3.51. The molecule has 1 heteroatoms. The fourth-order valence-corrected chi connectivity index (χ4v) is 2.44. The second-order valence-electron chi connectivity index (χ2n) is 4.48. The summed E-state index contributed by atoms with van der Waals surface area (Å²) >= 11 is 0. The van der Waals surface area contributed by atoms with E-state index in [-0.39, 0.29) is 0 Å². The molecule has 1 nitrogen and oxygen atoms in total. The lowest BCUT2D eigenvalue weighted by Crippen LogP contribution is -2.16. The summed E-state index contributed by atoms with van der Waals surface area (Å²) in [5.74, 6) is 1.15. The van der Waals surface area contributed by atoms with Crippen molar-refractivity contribution in [3.8, 4) is 0 Å². The predicted octanol–water partition coefficient (Wildman–Crippen LogP) is 3.88. The van der Waals surface area contributed by atoms with Crippen molar-refractivity contribution in [1.29, 1.82) is 0 Å². The SMILES string of the molecule is C=CC1(Cc2occc2C)CCCC1. The molecule has 0 atom stereocenters. The second-order valence-corrected chi connectivity index (χ2v) is 4.48. The van der Waals surface area contributed by atoms with Crippen LogP contribution in [-0.2, 0) is 6.42 Å². The van der Waals surface area contributed by atoms with Crippen molar-refractivity contribution >= 4 is 0 Å². The van der Waals surface area contributed by atoms with Gasteiger partial charge in [0.05, 0.1) is 6.26 Å². The number of hydrogen-bond donors (Lipinski definition) is 0. The summed E-state index contributed by atoms with van der Waals surface area (Å²) in [4.78, 5) is 0. The van der Waals surface area contributed by atoms with Crippen LogP contribution in [0.3, 0.4) is 0 Å². The molecular formula is C13H18O. The molecule has 0 spiro atoms. The minimum atomic E-state index is 0.322. The van der Waals surface area contributed by atoms with Gasteiger partial charge in [0, 0.05) is 6.42 Å². The Bertz CT molecular complexity index is 316. The largest absolute Gasteiger partial charge is 0.469 e. The van der Waals surface area contributed by atoms with Crippen molar-refractivity contribution in [2.45, 2.75) is 39.0 Å². The molecule has 0 amide bonds. The van der Waals surface area contributed by atoms with E-state index in [9.17, 15) is 0 Å². The molecule has 0 aromatic carbocycles. The van der Waals surface area contributed by atoms with Crippen LogP contribution >= 0.6 is 0 Å². The van der Waals surface area contributed by atoms with Gasteiger partial charge in [-0.3, -0.25) is 0 Å². The van der Waals surface area contributed by atoms with Gasteiger partial charge < -0.3 is 4.42 Å². The molecule has 1 aromatic rings. The number of rotatable bonds is 3. The van der Waals surface area contributed by atoms with Gasteiger partial charge in [-0.05, 0) is 36.8 Å². The molecule has 0 saturated heterocycles. The highest BCUT2D eigenvalue weighted by molar-refractivity contribution is 5.18. The summed E-state index contributed by atoms with van der Waals surface area (Å²) in [6.45, 7) is 6.10. The topological polar surface area (TPSA) is 13.1 Å². The van der Waals surface area contributed by atoms with E-state index in [1.54, 1.807) is 6.26 Å². The van der Waals surface area contributed by atoms with E-state index in [2.05, 4.69) is 19.6 Å². The maximum atomic E-state index is 5.51. The molecule has 14 heavy (non-hydrogen) atoms. The van der Waals surface area contributed by atoms with E-state index in [1.165, 1.54) is 31.2 Å². The fourth-order valence-electron chi connectivity index (χ4n) is 2.44. The Labute approximate surface area is 85.8 Å². The van der Waals surface area contributed by atoms with Crippen LogP contribution in [0, 0.1) is 12.3 Å². The molecule has 1 fully saturated rings. The first kappa shape index (κ1) is 9.57. The van der Waals surface area contributed by atoms with Crippen LogP contribution in [0.5, 0.6) is 0 Å². The van der Waals surface area contributed by atoms with E-state index in [0.717, 1.165) is 12.2 Å². The van der Waals surface area contributed by atoms with Crippen molar-refractivity contribution in [3.63, 3.8) is 0 Å². The highest BCUT2D eigenvalue weighted by Gasteiger charge is 2.32. The van der Waals surface area contributed by atoms with Crippen LogP contribution in [0.1, 0.15) is 37.0 Å². The lowest BCUT2D eigenvalue weighted by atomic mass is 9.81. The first-order valence-electron chi connectivity index (χ1n) is 5.42. The van der Waals surface area contributed by atoms with Crippen LogP contribution in [0.25, 0.3) is 0 Å². The van der Waals surface area contributed by atoms with Gasteiger partial charge in [0.25, 0.3) is 0 Å². The number of aryl methyl sites for hydroxylation is 1. The highest BCUT2D eigenvalue weighted by Crippen LogP contribution is 2.42. The minimum absolute atomic E-state index is 0.322. The number of allylic oxidation sites excluding steroid dienone is 1. The van der Waals surface area contributed by atoms with Gasteiger partial charge in [-0.25, -0.2) is 0 Å². The van der Waals surface area contributed by atoms with Crippen LogP contribution in [0.4, 0.5) is 0 Å². The molecule has 0 aliphatic heterocycles. The van der Waals surface area contributed by atoms with Gasteiger partial charge in [0.1, 0.15) is 5.76 Å². The summed E-state index contributed by atoms with van der Waals surface area (Å²) in [5, 5.41) is 0. The normalized spacial score (nSPS) is 19.8. The van der Waals surface area contributed by atoms with Gasteiger partial charge in [0.2, 0.25) is 0 Å². The first-order chi connectivity index (χ1) is 6.76. The third-order valence-electron chi connectivity index (χ3n) is 3.51. The summed E-state index contributed by atoms with van der Waals surface area (Å²) in [5.41, 5.74) is 1.60. The molecule has 1 saturated carbocycles. The molecule has 0 N–H and O–H groups in total. The average molecular weight is 190 g/mol. The van der Waals surface area contributed by atoms with Crippen LogP contribution in [0.15, 0.2) is 29.4 Å². The molecule has 1 heterocycles.